The fourth-order valence-corrected chi connectivity index (χ4v) is 6.08. The van der Waals surface area contributed by atoms with Gasteiger partial charge in [-0.1, -0.05) is 39.2 Å². The Balaban J connectivity index is 1.45. The minimum absolute atomic E-state index is 0.00766. The number of halogens is 1. The van der Waals surface area contributed by atoms with Gasteiger partial charge in [0, 0.05) is 23.9 Å². The van der Waals surface area contributed by atoms with Gasteiger partial charge < -0.3 is 10.2 Å². The third-order valence-electron chi connectivity index (χ3n) is 8.36. The zero-order valence-electron chi connectivity index (χ0n) is 21.7. The summed E-state index contributed by atoms with van der Waals surface area (Å²) in [6, 6.07) is 4.33. The van der Waals surface area contributed by atoms with Crippen LogP contribution in [0.15, 0.2) is 18.2 Å². The Hall–Kier alpha value is -2.24. The number of nitrogens with one attached hydrogen (secondary N) is 1. The topological polar surface area (TPSA) is 66.5 Å². The molecule has 1 aromatic carbocycles. The summed E-state index contributed by atoms with van der Waals surface area (Å²) in [5, 5.41) is 2.90. The van der Waals surface area contributed by atoms with Crippen LogP contribution in [-0.2, 0) is 9.59 Å². The Morgan fingerprint density at radius 1 is 1.03 bits per heavy atom. The van der Waals surface area contributed by atoms with Crippen LogP contribution in [0.1, 0.15) is 107 Å². The van der Waals surface area contributed by atoms with Gasteiger partial charge >= 0.3 is 0 Å². The van der Waals surface area contributed by atoms with Gasteiger partial charge in [-0.2, -0.15) is 0 Å². The summed E-state index contributed by atoms with van der Waals surface area (Å²) in [4.78, 5) is 40.7. The Bertz CT molecular complexity index is 963. The fourth-order valence-electron chi connectivity index (χ4n) is 6.08. The highest BCUT2D eigenvalue weighted by Gasteiger charge is 2.43. The number of ketones is 1. The number of carbonyl (C=O) groups is 3. The molecule has 2 amide bonds. The van der Waals surface area contributed by atoms with E-state index in [2.05, 4.69) is 19.2 Å². The van der Waals surface area contributed by atoms with E-state index in [1.165, 1.54) is 6.07 Å². The molecular weight excluding hydrogens is 443 g/mol. The van der Waals surface area contributed by atoms with Crippen molar-refractivity contribution in [3.8, 4) is 0 Å². The lowest BCUT2D eigenvalue weighted by Crippen LogP contribution is -2.53. The van der Waals surface area contributed by atoms with E-state index in [1.807, 2.05) is 24.8 Å². The summed E-state index contributed by atoms with van der Waals surface area (Å²) in [6.07, 6.45) is 8.67. The number of piperidine rings is 1. The van der Waals surface area contributed by atoms with Gasteiger partial charge in [-0.25, -0.2) is 4.39 Å². The summed E-state index contributed by atoms with van der Waals surface area (Å²) in [5.74, 6) is -0.505. The van der Waals surface area contributed by atoms with Crippen LogP contribution in [-0.4, -0.2) is 40.6 Å². The first-order valence-electron chi connectivity index (χ1n) is 13.5. The fraction of sp³-hybridized carbons (Fsp3) is 0.690. The van der Waals surface area contributed by atoms with Crippen molar-refractivity contribution in [2.24, 2.45) is 17.8 Å². The molecular formula is C29H41FN2O3. The maximum Gasteiger partial charge on any atom is 0.254 e. The Kier molecular flexibility index (Phi) is 7.68. The molecule has 5 nitrogen and oxygen atoms in total. The molecule has 1 unspecified atom stereocenters. The Morgan fingerprint density at radius 3 is 2.29 bits per heavy atom. The molecule has 3 aliphatic rings. The molecule has 2 saturated carbocycles. The van der Waals surface area contributed by atoms with Gasteiger partial charge in [-0.05, 0) is 81.9 Å². The second-order valence-electron chi connectivity index (χ2n) is 11.9. The van der Waals surface area contributed by atoms with Gasteiger partial charge in [0.15, 0.2) is 5.78 Å². The van der Waals surface area contributed by atoms with E-state index in [9.17, 15) is 14.4 Å². The minimum Gasteiger partial charge on any atom is -0.342 e. The Labute approximate surface area is 209 Å². The normalized spacial score (nSPS) is 23.7. The number of amides is 2. The van der Waals surface area contributed by atoms with Crippen molar-refractivity contribution in [1.82, 2.24) is 10.2 Å². The smallest absolute Gasteiger partial charge is 0.254 e. The van der Waals surface area contributed by atoms with Crippen molar-refractivity contribution in [1.29, 1.82) is 0 Å². The number of carbonyl (C=O) groups excluding carboxylic acids is 3. The molecule has 1 aliphatic heterocycles. The van der Waals surface area contributed by atoms with E-state index in [-0.39, 0.29) is 46.5 Å². The molecule has 0 spiro atoms. The molecule has 0 aromatic heterocycles. The molecule has 4 rings (SSSR count). The maximum absolute atomic E-state index is 15.2. The maximum atomic E-state index is 15.2. The number of hydrogen-bond acceptors (Lipinski definition) is 3. The van der Waals surface area contributed by atoms with E-state index >= 15 is 4.39 Å². The third-order valence-corrected chi connectivity index (χ3v) is 8.36. The van der Waals surface area contributed by atoms with Crippen LogP contribution in [0.3, 0.4) is 0 Å². The Morgan fingerprint density at radius 2 is 1.71 bits per heavy atom. The molecule has 2 atom stereocenters. The summed E-state index contributed by atoms with van der Waals surface area (Å²) < 4.78 is 15.2. The average Bonchev–Trinajstić information content (AvgIpc) is 3.67. The SMILES string of the molecule is CC(C)C(=O)[C@H](NC(=O)c1ccc(C2CCN(C(=O)C3CC3)C(C)(C)C2)cc1F)C1CCCCC1. The molecule has 0 radical (unpaired) electrons. The van der Waals surface area contributed by atoms with Gasteiger partial charge in [0.2, 0.25) is 5.91 Å². The first kappa shape index (κ1) is 25.8. The molecule has 1 heterocycles. The summed E-state index contributed by atoms with van der Waals surface area (Å²) in [5.41, 5.74) is 0.582. The lowest BCUT2D eigenvalue weighted by Gasteiger charge is -2.46. The van der Waals surface area contributed by atoms with Crippen LogP contribution >= 0.6 is 0 Å². The van der Waals surface area contributed by atoms with E-state index < -0.39 is 17.8 Å². The van der Waals surface area contributed by atoms with E-state index in [1.54, 1.807) is 6.07 Å². The second kappa shape index (κ2) is 10.4. The van der Waals surface area contributed by atoms with E-state index in [0.29, 0.717) is 6.54 Å². The minimum atomic E-state index is -0.559. The highest BCUT2D eigenvalue weighted by atomic mass is 19.1. The number of Topliss-reactive ketones (excluding diaryl/α,β-unsaturated/α-hetero) is 1. The molecule has 1 saturated heterocycles. The summed E-state index contributed by atoms with van der Waals surface area (Å²) in [7, 11) is 0. The third kappa shape index (κ3) is 5.78. The molecule has 6 heteroatoms. The van der Waals surface area contributed by atoms with Crippen molar-refractivity contribution in [3.63, 3.8) is 0 Å². The predicted octanol–water partition coefficient (Wildman–Crippen LogP) is 5.62. The van der Waals surface area contributed by atoms with Crippen molar-refractivity contribution in [2.75, 3.05) is 6.54 Å². The van der Waals surface area contributed by atoms with Crippen LogP contribution in [0.25, 0.3) is 0 Å². The van der Waals surface area contributed by atoms with Crippen LogP contribution in [0.4, 0.5) is 4.39 Å². The number of likely N-dealkylation sites (tertiary alicyclic amines) is 1. The van der Waals surface area contributed by atoms with E-state index in [0.717, 1.165) is 63.4 Å². The first-order chi connectivity index (χ1) is 16.6. The number of benzene rings is 1. The molecule has 192 valence electrons. The second-order valence-corrected chi connectivity index (χ2v) is 11.9. The number of hydrogen-bond donors (Lipinski definition) is 1. The van der Waals surface area contributed by atoms with Crippen LogP contribution in [0, 0.1) is 23.6 Å². The number of nitrogens with zero attached hydrogens (tertiary/aromatic N) is 1. The van der Waals surface area contributed by atoms with Crippen LogP contribution in [0.5, 0.6) is 0 Å². The van der Waals surface area contributed by atoms with Gasteiger partial charge in [0.05, 0.1) is 11.6 Å². The lowest BCUT2D eigenvalue weighted by molar-refractivity contribution is -0.140. The molecule has 1 N–H and O–H groups in total. The average molecular weight is 485 g/mol. The zero-order chi connectivity index (χ0) is 25.3. The highest BCUT2D eigenvalue weighted by molar-refractivity contribution is 5.98. The number of rotatable bonds is 7. The first-order valence-corrected chi connectivity index (χ1v) is 13.5. The van der Waals surface area contributed by atoms with Crippen molar-refractivity contribution in [2.45, 2.75) is 103 Å². The predicted molar refractivity (Wildman–Crippen MR) is 135 cm³/mol. The van der Waals surface area contributed by atoms with Crippen molar-refractivity contribution in [3.05, 3.63) is 35.1 Å². The molecule has 2 aliphatic carbocycles. The van der Waals surface area contributed by atoms with Crippen molar-refractivity contribution >= 4 is 17.6 Å². The van der Waals surface area contributed by atoms with Crippen molar-refractivity contribution < 1.29 is 18.8 Å². The largest absolute Gasteiger partial charge is 0.342 e. The van der Waals surface area contributed by atoms with Gasteiger partial charge in [-0.3, -0.25) is 14.4 Å². The molecule has 3 fully saturated rings. The van der Waals surface area contributed by atoms with Crippen LogP contribution in [0.2, 0.25) is 0 Å². The monoisotopic (exact) mass is 484 g/mol. The van der Waals surface area contributed by atoms with Gasteiger partial charge in [0.25, 0.3) is 5.91 Å². The van der Waals surface area contributed by atoms with Gasteiger partial charge in [0.1, 0.15) is 5.82 Å². The highest BCUT2D eigenvalue weighted by Crippen LogP contribution is 2.41. The summed E-state index contributed by atoms with van der Waals surface area (Å²) >= 11 is 0. The standard InChI is InChI=1S/C29H41FN2O3/c1-18(2)26(33)25(19-8-6-5-7-9-19)31-27(34)23-13-12-21(16-24(23)30)22-14-15-32(29(3,4)17-22)28(35)20-10-11-20/h12-13,16,18-20,22,25H,5-11,14-15,17H2,1-4H3,(H,31,34)/t22?,25-/m1/s1. The lowest BCUT2D eigenvalue weighted by atomic mass is 9.78. The van der Waals surface area contributed by atoms with E-state index in [4.69, 9.17) is 0 Å². The van der Waals surface area contributed by atoms with Crippen LogP contribution < -0.4 is 5.32 Å². The molecule has 0 bridgehead atoms. The zero-order valence-corrected chi connectivity index (χ0v) is 21.7. The molecule has 1 aromatic rings. The summed E-state index contributed by atoms with van der Waals surface area (Å²) in [6.45, 7) is 8.57. The molecule has 35 heavy (non-hydrogen) atoms. The van der Waals surface area contributed by atoms with Gasteiger partial charge in [-0.15, -0.1) is 0 Å². The quantitative estimate of drug-likeness (QED) is 0.546.